The molecule has 11 heteroatoms. The van der Waals surface area contributed by atoms with Gasteiger partial charge in [-0.3, -0.25) is 4.79 Å². The summed E-state index contributed by atoms with van der Waals surface area (Å²) in [6.07, 6.45) is 7.90. The van der Waals surface area contributed by atoms with Crippen molar-refractivity contribution in [3.63, 3.8) is 0 Å². The van der Waals surface area contributed by atoms with Gasteiger partial charge in [0.15, 0.2) is 0 Å². The summed E-state index contributed by atoms with van der Waals surface area (Å²) in [5, 5.41) is 19.1. The maximum atomic E-state index is 13.2. The predicted molar refractivity (Wildman–Crippen MR) is 125 cm³/mol. The van der Waals surface area contributed by atoms with Crippen LogP contribution in [0.4, 0.5) is 5.69 Å². The number of ether oxygens (including phenoxy) is 1. The van der Waals surface area contributed by atoms with Crippen molar-refractivity contribution < 1.29 is 9.53 Å². The monoisotopic (exact) mass is 471 g/mol. The van der Waals surface area contributed by atoms with E-state index < -0.39 is 0 Å². The van der Waals surface area contributed by atoms with Gasteiger partial charge in [-0.1, -0.05) is 17.3 Å². The first kappa shape index (κ1) is 21.5. The van der Waals surface area contributed by atoms with E-state index in [1.54, 1.807) is 29.5 Å². The molecule has 2 fully saturated rings. The number of nitrogens with zero attached hydrogens (tertiary/aromatic N) is 8. The molecule has 0 unspecified atom stereocenters. The van der Waals surface area contributed by atoms with E-state index >= 15 is 0 Å². The van der Waals surface area contributed by atoms with E-state index in [2.05, 4.69) is 41.9 Å². The molecule has 4 aromatic rings. The molecule has 0 bridgehead atoms. The van der Waals surface area contributed by atoms with Gasteiger partial charge in [-0.05, 0) is 36.6 Å². The van der Waals surface area contributed by atoms with Crippen LogP contribution < -0.4 is 5.32 Å². The molecule has 1 aliphatic heterocycles. The van der Waals surface area contributed by atoms with Crippen molar-refractivity contribution in [3.8, 4) is 0 Å². The predicted octanol–water partition coefficient (Wildman–Crippen LogP) is 1.89. The molecule has 0 spiro atoms. The van der Waals surface area contributed by atoms with E-state index in [4.69, 9.17) is 4.74 Å². The van der Waals surface area contributed by atoms with Crippen LogP contribution in [0.5, 0.6) is 0 Å². The maximum absolute atomic E-state index is 13.2. The van der Waals surface area contributed by atoms with Crippen molar-refractivity contribution in [1.29, 1.82) is 0 Å². The van der Waals surface area contributed by atoms with E-state index in [9.17, 15) is 4.79 Å². The third-order valence-electron chi connectivity index (χ3n) is 6.56. The second-order valence-electron chi connectivity index (χ2n) is 9.32. The molecule has 1 amide bonds. The number of nitrogens with one attached hydrogen (secondary N) is 1. The number of carbonyl (C=O) groups is 1. The Morgan fingerprint density at radius 3 is 2.77 bits per heavy atom. The number of anilines is 1. The third-order valence-corrected chi connectivity index (χ3v) is 6.56. The lowest BCUT2D eigenvalue weighted by atomic mass is 9.75. The molecule has 178 valence electrons. The van der Waals surface area contributed by atoms with Gasteiger partial charge in [0.05, 0.1) is 31.6 Å². The zero-order valence-corrected chi connectivity index (χ0v) is 19.3. The minimum absolute atomic E-state index is 0.194. The molecule has 11 nitrogen and oxygen atoms in total. The summed E-state index contributed by atoms with van der Waals surface area (Å²) in [6.45, 7) is 1.63. The molecule has 0 radical (unpaired) electrons. The number of amides is 1. The molecule has 2 aliphatic rings. The summed E-state index contributed by atoms with van der Waals surface area (Å²) in [5.74, 6) is 1.67. The smallest absolute Gasteiger partial charge is 0.274 e. The van der Waals surface area contributed by atoms with Crippen molar-refractivity contribution in [2.45, 2.75) is 37.1 Å². The second kappa shape index (κ2) is 8.66. The van der Waals surface area contributed by atoms with Crippen LogP contribution in [0.15, 0.2) is 49.1 Å². The number of rotatable bonds is 8. The molecular weight excluding hydrogens is 446 g/mol. The van der Waals surface area contributed by atoms with E-state index in [0.29, 0.717) is 43.5 Å². The van der Waals surface area contributed by atoms with Gasteiger partial charge in [0.2, 0.25) is 0 Å². The Bertz CT molecular complexity index is 1360. The quantitative estimate of drug-likeness (QED) is 0.413. The Kier molecular flexibility index (Phi) is 5.33. The third kappa shape index (κ3) is 4.42. The molecule has 6 rings (SSSR count). The maximum Gasteiger partial charge on any atom is 0.274 e. The number of aryl methyl sites for hydroxylation is 1. The molecule has 0 atom stereocenters. The normalized spacial score (nSPS) is 16.6. The SMILES string of the molecule is Cn1cnnc1CC1(c2cccc(NC(=O)c3cc(Cn4ccnn4)nc(C4CC4)n3)c2)COC1. The van der Waals surface area contributed by atoms with Gasteiger partial charge >= 0.3 is 0 Å². The van der Waals surface area contributed by atoms with Gasteiger partial charge in [-0.2, -0.15) is 0 Å². The highest BCUT2D eigenvalue weighted by molar-refractivity contribution is 6.03. The summed E-state index contributed by atoms with van der Waals surface area (Å²) >= 11 is 0. The van der Waals surface area contributed by atoms with Gasteiger partial charge in [0, 0.05) is 36.7 Å². The highest BCUT2D eigenvalue weighted by atomic mass is 16.5. The van der Waals surface area contributed by atoms with Crippen LogP contribution in [0, 0.1) is 0 Å². The van der Waals surface area contributed by atoms with E-state index in [1.807, 2.05) is 29.8 Å². The lowest BCUT2D eigenvalue weighted by molar-refractivity contribution is -0.0610. The average molecular weight is 472 g/mol. The summed E-state index contributed by atoms with van der Waals surface area (Å²) in [6, 6.07) is 9.64. The largest absolute Gasteiger partial charge is 0.379 e. The zero-order valence-electron chi connectivity index (χ0n) is 19.3. The Labute approximate surface area is 201 Å². The van der Waals surface area contributed by atoms with E-state index in [1.165, 1.54) is 0 Å². The molecule has 1 saturated heterocycles. The molecular formula is C24H25N9O2. The lowest BCUT2D eigenvalue weighted by Crippen LogP contribution is -2.49. The highest BCUT2D eigenvalue weighted by Gasteiger charge is 2.41. The molecule has 4 heterocycles. The average Bonchev–Trinajstić information content (AvgIpc) is 3.43. The second-order valence-corrected chi connectivity index (χ2v) is 9.32. The molecule has 35 heavy (non-hydrogen) atoms. The van der Waals surface area contributed by atoms with Crippen molar-refractivity contribution in [2.75, 3.05) is 18.5 Å². The van der Waals surface area contributed by atoms with Gasteiger partial charge < -0.3 is 14.6 Å². The number of benzene rings is 1. The first-order chi connectivity index (χ1) is 17.1. The first-order valence-corrected chi connectivity index (χ1v) is 11.6. The first-order valence-electron chi connectivity index (χ1n) is 11.6. The van der Waals surface area contributed by atoms with Crippen molar-refractivity contribution in [1.82, 2.24) is 39.7 Å². The summed E-state index contributed by atoms with van der Waals surface area (Å²) < 4.78 is 9.20. The van der Waals surface area contributed by atoms with Gasteiger partial charge in [0.1, 0.15) is 23.7 Å². The zero-order chi connectivity index (χ0) is 23.8. The van der Waals surface area contributed by atoms with Crippen molar-refractivity contribution in [3.05, 3.63) is 77.7 Å². The Morgan fingerprint density at radius 2 is 2.09 bits per heavy atom. The van der Waals surface area contributed by atoms with Crippen LogP contribution in [-0.2, 0) is 30.2 Å². The van der Waals surface area contributed by atoms with E-state index in [-0.39, 0.29) is 11.3 Å². The Balaban J connectivity index is 1.24. The van der Waals surface area contributed by atoms with Crippen molar-refractivity contribution in [2.24, 2.45) is 7.05 Å². The molecule has 3 aromatic heterocycles. The Hall–Kier alpha value is -3.99. The molecule has 1 aromatic carbocycles. The summed E-state index contributed by atoms with van der Waals surface area (Å²) in [4.78, 5) is 22.5. The van der Waals surface area contributed by atoms with Crippen LogP contribution in [-0.4, -0.2) is 58.8 Å². The van der Waals surface area contributed by atoms with Crippen LogP contribution in [0.2, 0.25) is 0 Å². The van der Waals surface area contributed by atoms with Crippen molar-refractivity contribution >= 4 is 11.6 Å². The molecule has 1 saturated carbocycles. The Morgan fingerprint density at radius 1 is 1.20 bits per heavy atom. The number of hydrogen-bond donors (Lipinski definition) is 1. The van der Waals surface area contributed by atoms with Crippen LogP contribution in [0.3, 0.4) is 0 Å². The number of carbonyl (C=O) groups excluding carboxylic acids is 1. The van der Waals surface area contributed by atoms with Crippen LogP contribution in [0.25, 0.3) is 0 Å². The highest BCUT2D eigenvalue weighted by Crippen LogP contribution is 2.38. The van der Waals surface area contributed by atoms with Crippen LogP contribution in [0.1, 0.15) is 52.2 Å². The minimum Gasteiger partial charge on any atom is -0.379 e. The molecule has 1 aliphatic carbocycles. The number of hydrogen-bond acceptors (Lipinski definition) is 8. The summed E-state index contributed by atoms with van der Waals surface area (Å²) in [5.41, 5.74) is 2.70. The molecule has 1 N–H and O–H groups in total. The minimum atomic E-state index is -0.265. The van der Waals surface area contributed by atoms with Crippen LogP contribution >= 0.6 is 0 Å². The lowest BCUT2D eigenvalue weighted by Gasteiger charge is -2.41. The van der Waals surface area contributed by atoms with Gasteiger partial charge in [0.25, 0.3) is 5.91 Å². The van der Waals surface area contributed by atoms with Gasteiger partial charge in [-0.15, -0.1) is 15.3 Å². The van der Waals surface area contributed by atoms with E-state index in [0.717, 1.165) is 35.7 Å². The topological polar surface area (TPSA) is 126 Å². The van der Waals surface area contributed by atoms with Gasteiger partial charge in [-0.25, -0.2) is 14.6 Å². The number of aromatic nitrogens is 8. The fourth-order valence-electron chi connectivity index (χ4n) is 4.33. The fourth-order valence-corrected chi connectivity index (χ4v) is 4.33. The fraction of sp³-hybridized carbons (Fsp3) is 0.375. The standard InChI is InChI=1S/C24H25N9O2/c1-32-15-26-30-21(32)11-24(13-35-14-24)17-3-2-4-18(9-17)28-23(34)20-10-19(12-33-8-7-25-31-33)27-22(29-20)16-5-6-16/h2-4,7-10,15-16H,5-6,11-14H2,1H3,(H,28,34). The summed E-state index contributed by atoms with van der Waals surface area (Å²) in [7, 11) is 1.94.